The van der Waals surface area contributed by atoms with Crippen molar-refractivity contribution in [3.63, 3.8) is 0 Å². The zero-order chi connectivity index (χ0) is 14.6. The Morgan fingerprint density at radius 1 is 1.11 bits per heavy atom. The Bertz CT molecular complexity index is 346. The second-order valence-electron chi connectivity index (χ2n) is 5.29. The molecule has 0 aromatic rings. The molecule has 3 N–H and O–H groups in total. The Balaban J connectivity index is 4.50. The van der Waals surface area contributed by atoms with Gasteiger partial charge in [0, 0.05) is 6.54 Å². The number of carboxylic acids is 2. The van der Waals surface area contributed by atoms with Gasteiger partial charge in [-0.15, -0.1) is 0 Å². The minimum Gasteiger partial charge on any atom is -0.481 e. The third-order valence-electron chi connectivity index (χ3n) is 2.08. The standard InChI is InChI=1S/C11H19NO6/c1-10(2,3)18-9(17)12-6-11(4,8(15)16)5-7(13)14/h5-6H2,1-4H3,(H,12,17)(H,13,14)(H,15,16). The molecule has 18 heavy (non-hydrogen) atoms. The maximum absolute atomic E-state index is 11.3. The van der Waals surface area contributed by atoms with Gasteiger partial charge in [0.1, 0.15) is 5.60 Å². The van der Waals surface area contributed by atoms with E-state index in [0.717, 1.165) is 0 Å². The van der Waals surface area contributed by atoms with Crippen molar-refractivity contribution in [1.82, 2.24) is 5.32 Å². The number of alkyl carbamates (subject to hydrolysis) is 1. The van der Waals surface area contributed by atoms with Crippen molar-refractivity contribution in [3.8, 4) is 0 Å². The van der Waals surface area contributed by atoms with Gasteiger partial charge in [0.2, 0.25) is 0 Å². The van der Waals surface area contributed by atoms with Crippen LogP contribution in [0.2, 0.25) is 0 Å². The molecule has 104 valence electrons. The van der Waals surface area contributed by atoms with Crippen molar-refractivity contribution >= 4 is 18.0 Å². The fraction of sp³-hybridized carbons (Fsp3) is 0.727. The highest BCUT2D eigenvalue weighted by Crippen LogP contribution is 2.21. The Morgan fingerprint density at radius 2 is 1.61 bits per heavy atom. The van der Waals surface area contributed by atoms with E-state index >= 15 is 0 Å². The van der Waals surface area contributed by atoms with Crippen LogP contribution in [0.5, 0.6) is 0 Å². The lowest BCUT2D eigenvalue weighted by Gasteiger charge is -2.25. The number of hydrogen-bond acceptors (Lipinski definition) is 4. The number of carboxylic acid groups (broad SMARTS) is 2. The molecule has 1 amide bonds. The Hall–Kier alpha value is -1.79. The summed E-state index contributed by atoms with van der Waals surface area (Å²) >= 11 is 0. The first-order chi connectivity index (χ1) is 7.96. The van der Waals surface area contributed by atoms with Gasteiger partial charge in [0.15, 0.2) is 0 Å². The zero-order valence-corrected chi connectivity index (χ0v) is 10.9. The number of rotatable bonds is 5. The molecular weight excluding hydrogens is 242 g/mol. The summed E-state index contributed by atoms with van der Waals surface area (Å²) in [6.07, 6.45) is -1.36. The number of ether oxygens (including phenoxy) is 1. The molecule has 0 heterocycles. The summed E-state index contributed by atoms with van der Waals surface area (Å²) in [4.78, 5) is 32.9. The van der Waals surface area contributed by atoms with Crippen LogP contribution in [0.15, 0.2) is 0 Å². The first-order valence-electron chi connectivity index (χ1n) is 5.38. The first-order valence-corrected chi connectivity index (χ1v) is 5.38. The van der Waals surface area contributed by atoms with E-state index in [0.29, 0.717) is 0 Å². The highest BCUT2D eigenvalue weighted by molar-refractivity contribution is 5.82. The minimum atomic E-state index is -1.57. The molecule has 1 unspecified atom stereocenters. The van der Waals surface area contributed by atoms with E-state index in [4.69, 9.17) is 14.9 Å². The first kappa shape index (κ1) is 16.2. The van der Waals surface area contributed by atoms with Crippen LogP contribution in [0.25, 0.3) is 0 Å². The molecule has 0 saturated heterocycles. The van der Waals surface area contributed by atoms with Gasteiger partial charge in [-0.25, -0.2) is 4.79 Å². The third kappa shape index (κ3) is 6.07. The van der Waals surface area contributed by atoms with Gasteiger partial charge in [0.25, 0.3) is 0 Å². The second-order valence-corrected chi connectivity index (χ2v) is 5.29. The van der Waals surface area contributed by atoms with Crippen LogP contribution in [0.1, 0.15) is 34.1 Å². The van der Waals surface area contributed by atoms with E-state index in [9.17, 15) is 14.4 Å². The molecule has 0 aliphatic heterocycles. The summed E-state index contributed by atoms with van der Waals surface area (Å²) in [5, 5.41) is 19.9. The highest BCUT2D eigenvalue weighted by Gasteiger charge is 2.36. The Kier molecular flexibility index (Phi) is 5.13. The Labute approximate surface area is 105 Å². The van der Waals surface area contributed by atoms with Crippen LogP contribution in [0, 0.1) is 5.41 Å². The topological polar surface area (TPSA) is 113 Å². The van der Waals surface area contributed by atoms with Gasteiger partial charge in [-0.05, 0) is 27.7 Å². The quantitative estimate of drug-likeness (QED) is 0.682. The SMILES string of the molecule is CC(C)(C)OC(=O)NCC(C)(CC(=O)O)C(=O)O. The van der Waals surface area contributed by atoms with Gasteiger partial charge in [0.05, 0.1) is 11.8 Å². The molecule has 0 saturated carbocycles. The average Bonchev–Trinajstić information content (AvgIpc) is 2.10. The largest absolute Gasteiger partial charge is 0.481 e. The summed E-state index contributed by atoms with van der Waals surface area (Å²) in [5.41, 5.74) is -2.26. The number of nitrogens with one attached hydrogen (secondary N) is 1. The fourth-order valence-corrected chi connectivity index (χ4v) is 1.13. The molecule has 0 radical (unpaired) electrons. The van der Waals surface area contributed by atoms with Crippen molar-refractivity contribution < 1.29 is 29.3 Å². The molecule has 0 bridgehead atoms. The van der Waals surface area contributed by atoms with Crippen molar-refractivity contribution in [2.75, 3.05) is 6.54 Å². The molecular formula is C11H19NO6. The lowest BCUT2D eigenvalue weighted by Crippen LogP contribution is -2.44. The lowest BCUT2D eigenvalue weighted by molar-refractivity contribution is -0.154. The van der Waals surface area contributed by atoms with Gasteiger partial charge in [-0.1, -0.05) is 0 Å². The van der Waals surface area contributed by atoms with E-state index < -0.39 is 35.5 Å². The molecule has 0 aromatic carbocycles. The van der Waals surface area contributed by atoms with Crippen molar-refractivity contribution in [3.05, 3.63) is 0 Å². The molecule has 0 aromatic heterocycles. The van der Waals surface area contributed by atoms with Crippen LogP contribution in [-0.2, 0) is 14.3 Å². The van der Waals surface area contributed by atoms with Crippen molar-refractivity contribution in [2.45, 2.75) is 39.7 Å². The van der Waals surface area contributed by atoms with E-state index in [1.165, 1.54) is 6.92 Å². The van der Waals surface area contributed by atoms with Crippen LogP contribution in [0.3, 0.4) is 0 Å². The lowest BCUT2D eigenvalue weighted by atomic mass is 9.87. The summed E-state index contributed by atoms with van der Waals surface area (Å²) < 4.78 is 4.93. The second kappa shape index (κ2) is 5.70. The molecule has 7 nitrogen and oxygen atoms in total. The fourth-order valence-electron chi connectivity index (χ4n) is 1.13. The monoisotopic (exact) mass is 261 g/mol. The molecule has 0 rings (SSSR count). The molecule has 1 atom stereocenters. The molecule has 0 fully saturated rings. The van der Waals surface area contributed by atoms with Crippen molar-refractivity contribution in [1.29, 1.82) is 0 Å². The van der Waals surface area contributed by atoms with E-state index in [1.807, 2.05) is 0 Å². The van der Waals surface area contributed by atoms with Gasteiger partial charge in [-0.2, -0.15) is 0 Å². The maximum Gasteiger partial charge on any atom is 0.407 e. The average molecular weight is 261 g/mol. The maximum atomic E-state index is 11.3. The van der Waals surface area contributed by atoms with Gasteiger partial charge >= 0.3 is 18.0 Å². The summed E-state index contributed by atoms with van der Waals surface area (Å²) in [6, 6.07) is 0. The summed E-state index contributed by atoms with van der Waals surface area (Å²) in [6.45, 7) is 5.94. The van der Waals surface area contributed by atoms with Gasteiger partial charge < -0.3 is 20.3 Å². The van der Waals surface area contributed by atoms with Crippen molar-refractivity contribution in [2.24, 2.45) is 5.41 Å². The number of hydrogen-bond donors (Lipinski definition) is 3. The summed E-state index contributed by atoms with van der Waals surface area (Å²) in [7, 11) is 0. The Morgan fingerprint density at radius 3 is 1.94 bits per heavy atom. The number of aliphatic carboxylic acids is 2. The van der Waals surface area contributed by atoms with E-state index in [1.54, 1.807) is 20.8 Å². The molecule has 0 spiro atoms. The van der Waals surface area contributed by atoms with Crippen LogP contribution >= 0.6 is 0 Å². The van der Waals surface area contributed by atoms with Crippen LogP contribution in [0.4, 0.5) is 4.79 Å². The van der Waals surface area contributed by atoms with Gasteiger partial charge in [-0.3, -0.25) is 9.59 Å². The predicted molar refractivity (Wildman–Crippen MR) is 62.2 cm³/mol. The van der Waals surface area contributed by atoms with E-state index in [-0.39, 0.29) is 6.54 Å². The normalized spacial score (nSPS) is 14.4. The zero-order valence-electron chi connectivity index (χ0n) is 10.9. The predicted octanol–water partition coefficient (Wildman–Crippen LogP) is 1.08. The third-order valence-corrected chi connectivity index (χ3v) is 2.08. The smallest absolute Gasteiger partial charge is 0.407 e. The summed E-state index contributed by atoms with van der Waals surface area (Å²) in [5.74, 6) is -2.54. The number of carbonyl (C=O) groups excluding carboxylic acids is 1. The number of amides is 1. The molecule has 0 aliphatic rings. The van der Waals surface area contributed by atoms with Crippen LogP contribution in [-0.4, -0.2) is 40.4 Å². The molecule has 0 aliphatic carbocycles. The van der Waals surface area contributed by atoms with E-state index in [2.05, 4.69) is 5.32 Å². The molecule has 7 heteroatoms. The number of carbonyl (C=O) groups is 3. The van der Waals surface area contributed by atoms with Crippen LogP contribution < -0.4 is 5.32 Å². The minimum absolute atomic E-state index is 0.316. The highest BCUT2D eigenvalue weighted by atomic mass is 16.6.